The van der Waals surface area contributed by atoms with Gasteiger partial charge in [-0.2, -0.15) is 0 Å². The summed E-state index contributed by atoms with van der Waals surface area (Å²) in [5, 5.41) is 23.5. The minimum Gasteiger partial charge on any atom is -0.462 e. The molecule has 2 N–H and O–H groups in total. The fourth-order valence-corrected chi connectivity index (χ4v) is 7.81. The molecule has 3 heterocycles. The Morgan fingerprint density at radius 2 is 1.80 bits per heavy atom. The molecule has 0 unspecified atom stereocenters. The molecule has 0 saturated carbocycles. The number of allylic oxidation sites excluding steroid dienone is 4. The summed E-state index contributed by atoms with van der Waals surface area (Å²) in [6.07, 6.45) is 12.9. The van der Waals surface area contributed by atoms with Crippen LogP contribution in [0.4, 0.5) is 0 Å². The first-order valence-electron chi connectivity index (χ1n) is 17.2. The van der Waals surface area contributed by atoms with Crippen molar-refractivity contribution in [3.63, 3.8) is 0 Å². The Kier molecular flexibility index (Phi) is 11.2. The van der Waals surface area contributed by atoms with Crippen LogP contribution in [-0.4, -0.2) is 66.9 Å². The zero-order valence-corrected chi connectivity index (χ0v) is 30.5. The summed E-state index contributed by atoms with van der Waals surface area (Å²) in [5.74, 6) is -1.58. The second-order valence-corrected chi connectivity index (χ2v) is 20.9. The van der Waals surface area contributed by atoms with E-state index in [4.69, 9.17) is 18.6 Å². The monoisotopic (exact) mass is 644 g/mol. The first-order chi connectivity index (χ1) is 20.8. The number of fused-ring (bicyclic) bond motifs is 3. The van der Waals surface area contributed by atoms with Crippen LogP contribution in [0.5, 0.6) is 0 Å². The molecule has 1 spiro atoms. The van der Waals surface area contributed by atoms with Gasteiger partial charge >= 0.3 is 5.97 Å². The van der Waals surface area contributed by atoms with E-state index in [0.717, 1.165) is 25.7 Å². The van der Waals surface area contributed by atoms with Crippen LogP contribution in [0.25, 0.3) is 0 Å². The molecule has 3 aliphatic heterocycles. The van der Waals surface area contributed by atoms with Crippen molar-refractivity contribution in [1.29, 1.82) is 0 Å². The molecular formula is C37H60O7Si. The van der Waals surface area contributed by atoms with Crippen molar-refractivity contribution in [2.24, 2.45) is 17.8 Å². The zero-order valence-electron chi connectivity index (χ0n) is 29.5. The molecule has 8 heteroatoms. The lowest BCUT2D eigenvalue weighted by atomic mass is 9.71. The number of aliphatic hydroxyl groups is 2. The lowest BCUT2D eigenvalue weighted by molar-refractivity contribution is -0.332. The predicted molar refractivity (Wildman–Crippen MR) is 181 cm³/mol. The molecule has 2 saturated heterocycles. The Labute approximate surface area is 273 Å². The quantitative estimate of drug-likeness (QED) is 0.186. The topological polar surface area (TPSA) is 94.5 Å². The van der Waals surface area contributed by atoms with Crippen LogP contribution >= 0.6 is 0 Å². The molecule has 0 aromatic carbocycles. The fraction of sp³-hybridized carbons (Fsp3) is 0.757. The Morgan fingerprint density at radius 3 is 2.47 bits per heavy atom. The summed E-state index contributed by atoms with van der Waals surface area (Å²) >= 11 is 0. The maximum Gasteiger partial charge on any atom is 0.316 e. The van der Waals surface area contributed by atoms with E-state index in [0.29, 0.717) is 29.9 Å². The molecule has 2 bridgehead atoms. The van der Waals surface area contributed by atoms with Crippen LogP contribution in [0, 0.1) is 17.8 Å². The normalized spacial score (nSPS) is 42.0. The molecule has 254 valence electrons. The molecule has 4 aliphatic rings. The van der Waals surface area contributed by atoms with Crippen molar-refractivity contribution in [2.75, 3.05) is 6.61 Å². The largest absolute Gasteiger partial charge is 0.462 e. The maximum absolute atomic E-state index is 14.2. The molecule has 0 aromatic heterocycles. The molecule has 4 rings (SSSR count). The van der Waals surface area contributed by atoms with Gasteiger partial charge in [0.05, 0.1) is 24.9 Å². The van der Waals surface area contributed by atoms with Crippen LogP contribution in [-0.2, 0) is 23.4 Å². The Balaban J connectivity index is 1.75. The van der Waals surface area contributed by atoms with Crippen LogP contribution in [0.1, 0.15) is 100 Å². The van der Waals surface area contributed by atoms with Gasteiger partial charge in [0.2, 0.25) is 0 Å². The van der Waals surface area contributed by atoms with Gasteiger partial charge < -0.3 is 28.8 Å². The van der Waals surface area contributed by atoms with Crippen LogP contribution < -0.4 is 0 Å². The predicted octanol–water partition coefficient (Wildman–Crippen LogP) is 7.55. The summed E-state index contributed by atoms with van der Waals surface area (Å²) in [5.41, 5.74) is 0.847. The number of aliphatic hydroxyl groups excluding tert-OH is 1. The minimum absolute atomic E-state index is 0.00805. The van der Waals surface area contributed by atoms with Crippen molar-refractivity contribution in [3.8, 4) is 0 Å². The lowest BCUT2D eigenvalue weighted by Gasteiger charge is -2.49. The molecule has 1 aliphatic carbocycles. The average molecular weight is 645 g/mol. The number of ether oxygens (including phenoxy) is 3. The van der Waals surface area contributed by atoms with Crippen molar-refractivity contribution < 1.29 is 33.6 Å². The van der Waals surface area contributed by atoms with Gasteiger partial charge in [-0.25, -0.2) is 0 Å². The number of carbonyl (C=O) groups excluding carboxylic acids is 1. The Hall–Kier alpha value is -1.55. The molecule has 0 amide bonds. The second kappa shape index (κ2) is 13.9. The van der Waals surface area contributed by atoms with E-state index in [9.17, 15) is 15.0 Å². The first kappa shape index (κ1) is 36.3. The summed E-state index contributed by atoms with van der Waals surface area (Å²) in [4.78, 5) is 14.2. The summed E-state index contributed by atoms with van der Waals surface area (Å²) in [6.45, 7) is 21.5. The third-order valence-electron chi connectivity index (χ3n) is 11.2. The molecule has 9 atom stereocenters. The first-order valence-corrected chi connectivity index (χ1v) is 20.1. The third kappa shape index (κ3) is 8.49. The number of esters is 1. The molecule has 0 radical (unpaired) electrons. The number of hydrogen-bond donors (Lipinski definition) is 2. The lowest BCUT2D eigenvalue weighted by Crippen LogP contribution is -2.55. The van der Waals surface area contributed by atoms with Crippen LogP contribution in [0.2, 0.25) is 18.1 Å². The van der Waals surface area contributed by atoms with E-state index in [-0.39, 0.29) is 36.2 Å². The summed E-state index contributed by atoms with van der Waals surface area (Å²) < 4.78 is 26.2. The number of rotatable bonds is 3. The Bertz CT molecular complexity index is 1200. The van der Waals surface area contributed by atoms with E-state index < -0.39 is 43.8 Å². The van der Waals surface area contributed by atoms with E-state index in [1.807, 2.05) is 12.2 Å². The highest BCUT2D eigenvalue weighted by Crippen LogP contribution is 2.45. The average Bonchev–Trinajstić information content (AvgIpc) is 2.92. The smallest absolute Gasteiger partial charge is 0.316 e. The zero-order chi connectivity index (χ0) is 33.4. The van der Waals surface area contributed by atoms with Crippen LogP contribution in [0.15, 0.2) is 47.1 Å². The minimum atomic E-state index is -2.20. The van der Waals surface area contributed by atoms with Gasteiger partial charge in [-0.05, 0) is 81.1 Å². The highest BCUT2D eigenvalue weighted by atomic mass is 28.4. The van der Waals surface area contributed by atoms with Gasteiger partial charge in [-0.1, -0.05) is 70.6 Å². The molecule has 0 aromatic rings. The van der Waals surface area contributed by atoms with Gasteiger partial charge in [-0.3, -0.25) is 4.79 Å². The van der Waals surface area contributed by atoms with Crippen molar-refractivity contribution >= 4 is 14.3 Å². The van der Waals surface area contributed by atoms with Gasteiger partial charge in [0.1, 0.15) is 17.6 Å². The SMILES string of the molecule is CC1=C[C@H]2C(=O)O[C@H]3C[C@@H](C/C=C(\C)C[C@@H](C)/C=C/C=C(\CO[Si](C)(C)C(C)(C)C)[C@]2(O)C[C@@H]1O)O[C@@]1(CC[C@H](C)[C@@H](C)O1)C3. The van der Waals surface area contributed by atoms with E-state index in [2.05, 4.69) is 73.7 Å². The second-order valence-electron chi connectivity index (χ2n) is 16.1. The third-order valence-corrected chi connectivity index (χ3v) is 15.7. The van der Waals surface area contributed by atoms with Crippen LogP contribution in [0.3, 0.4) is 0 Å². The van der Waals surface area contributed by atoms with Gasteiger partial charge in [-0.15, -0.1) is 0 Å². The summed E-state index contributed by atoms with van der Waals surface area (Å²) in [7, 11) is -2.20. The molecule has 45 heavy (non-hydrogen) atoms. The van der Waals surface area contributed by atoms with E-state index in [1.54, 1.807) is 13.0 Å². The highest BCUT2D eigenvalue weighted by Gasteiger charge is 2.52. The van der Waals surface area contributed by atoms with Gasteiger partial charge in [0, 0.05) is 25.7 Å². The Morgan fingerprint density at radius 1 is 1.09 bits per heavy atom. The molecular weight excluding hydrogens is 584 g/mol. The van der Waals surface area contributed by atoms with E-state index >= 15 is 0 Å². The number of carbonyl (C=O) groups is 1. The molecule has 2 fully saturated rings. The fourth-order valence-electron chi connectivity index (χ4n) is 6.86. The van der Waals surface area contributed by atoms with Crippen molar-refractivity contribution in [1.82, 2.24) is 0 Å². The highest BCUT2D eigenvalue weighted by molar-refractivity contribution is 6.74. The number of hydrogen-bond acceptors (Lipinski definition) is 7. The summed E-state index contributed by atoms with van der Waals surface area (Å²) in [6, 6.07) is 0. The van der Waals surface area contributed by atoms with Crippen molar-refractivity contribution in [2.45, 2.75) is 154 Å². The standard InChI is InChI=1S/C37H60O7Si/c1-24-12-11-13-29(23-41-45(9,10)35(6,7)8)37(40)22-33(38)27(4)19-32(37)34(39)42-31-20-30(15-14-25(2)18-24)44-36(21-31)17-16-26(3)28(5)43-36/h11-14,19,24,26,28,30-33,38,40H,15-18,20-23H2,1-10H3/b12-11+,25-14+,29-13+/t24-,26-,28+,30+,31-,32-,33-,36-,37+/m0/s1. The van der Waals surface area contributed by atoms with Crippen molar-refractivity contribution in [3.05, 3.63) is 47.1 Å². The maximum atomic E-state index is 14.2. The molecule has 7 nitrogen and oxygen atoms in total. The van der Waals surface area contributed by atoms with E-state index in [1.165, 1.54) is 5.57 Å². The van der Waals surface area contributed by atoms with Gasteiger partial charge in [0.25, 0.3) is 0 Å². The van der Waals surface area contributed by atoms with Gasteiger partial charge in [0.15, 0.2) is 14.1 Å².